The monoisotopic (exact) mass is 1770 g/mol. The SMILES string of the molecule is C=C1NC(=O)C=CN1[C@@H]1O[C@H](CCP(=C)(C)C)[C@@H](O)[C@H]1Br.C=C1NC(=O)C=CN1[C@@H]1O[C@H](CCP(=C)(C)C)[C@@H](O)[C@H]1C.C=C1NC(=O)C=CN1[C@@H]1O[C@H](CCP(=C)(C)C)[C@@H](O)[C@H]1I.C=C1NC(=O)C=CN1[C@@H]1O[C@H](CCP(=C)(C)C)[C@@H](O)[C@H]1OC.C=P(C)(C)CC[C@H]1O[C@@H](n2ccc(=O)n(C)c2=O)[C@H](O)[C@@H]1O. The number of hydrogen-bond donors (Lipinski definition) is 10. The molecule has 1 aromatic heterocycles. The summed E-state index contributed by atoms with van der Waals surface area (Å²) in [5, 5.41) is 72.4. The normalized spacial score (nSPS) is 32.3. The average molecular weight is 1770 g/mol. The highest BCUT2D eigenvalue weighted by Gasteiger charge is 2.50. The molecule has 0 saturated carbocycles. The smallest absolute Gasteiger partial charge is 0.332 e. The zero-order valence-corrected chi connectivity index (χ0v) is 72.2. The van der Waals surface area contributed by atoms with E-state index in [0.717, 1.165) is 65.6 Å². The highest BCUT2D eigenvalue weighted by molar-refractivity contribution is 14.1. The van der Waals surface area contributed by atoms with E-state index in [0.29, 0.717) is 29.7 Å². The Morgan fingerprint density at radius 2 is 0.766 bits per heavy atom. The van der Waals surface area contributed by atoms with Crippen LogP contribution >= 0.6 is 73.0 Å². The van der Waals surface area contributed by atoms with Crippen LogP contribution in [0.4, 0.5) is 0 Å². The number of carbonyl (C=O) groups is 4. The van der Waals surface area contributed by atoms with Crippen molar-refractivity contribution in [3.05, 3.63) is 132 Å². The lowest BCUT2D eigenvalue weighted by Gasteiger charge is -2.33. The number of aliphatic hydroxyl groups is 6. The van der Waals surface area contributed by atoms with E-state index in [-0.39, 0.29) is 81.4 Å². The van der Waals surface area contributed by atoms with Crippen LogP contribution in [0.5, 0.6) is 0 Å². The molecule has 0 unspecified atom stereocenters. The molecule has 0 spiro atoms. The number of carbonyl (C=O) groups excluding carboxylic acids is 4. The van der Waals surface area contributed by atoms with Crippen molar-refractivity contribution in [2.75, 3.05) is 105 Å². The molecule has 602 valence electrons. The number of nitrogens with zero attached hydrogens (tertiary/aromatic N) is 6. The van der Waals surface area contributed by atoms with Gasteiger partial charge in [0.1, 0.15) is 60.2 Å². The molecule has 4 amide bonds. The first kappa shape index (κ1) is 91.8. The number of rotatable bonds is 21. The molecule has 0 aromatic carbocycles. The molecule has 0 radical (unpaired) electrons. The van der Waals surface area contributed by atoms with Gasteiger partial charge in [0.25, 0.3) is 29.2 Å². The number of hydrogen-bond acceptors (Lipinski definition) is 22. The summed E-state index contributed by atoms with van der Waals surface area (Å²) in [6.07, 6.45) is 33.6. The van der Waals surface area contributed by atoms with Gasteiger partial charge in [0.2, 0.25) is 0 Å². The minimum Gasteiger partial charge on any atom is -0.390 e. The van der Waals surface area contributed by atoms with Gasteiger partial charge >= 0.3 is 5.69 Å². The summed E-state index contributed by atoms with van der Waals surface area (Å²) in [5.41, 5.74) is -1.02. The summed E-state index contributed by atoms with van der Waals surface area (Å²) in [7, 11) is 2.89. The summed E-state index contributed by atoms with van der Waals surface area (Å²) < 4.78 is 37.1. The van der Waals surface area contributed by atoms with Crippen LogP contribution in [0, 0.1) is 5.92 Å². The van der Waals surface area contributed by atoms with Gasteiger partial charge in [-0.1, -0.05) is 71.8 Å². The number of methoxy groups -OCH3 is 1. The average Bonchev–Trinajstić information content (AvgIpc) is 1.66. The quantitative estimate of drug-likeness (QED) is 0.0475. The second kappa shape index (κ2) is 38.6. The van der Waals surface area contributed by atoms with Crippen LogP contribution in [0.3, 0.4) is 0 Å². The van der Waals surface area contributed by atoms with E-state index in [2.05, 4.69) is 184 Å². The van der Waals surface area contributed by atoms with Crippen LogP contribution in [-0.2, 0) is 54.6 Å². The zero-order chi connectivity index (χ0) is 80.5. The van der Waals surface area contributed by atoms with Gasteiger partial charge in [-0.25, -0.2) is 4.79 Å². The fourth-order valence-corrected chi connectivity index (χ4v) is 18.9. The number of alkyl halides is 2. The molecule has 1 aromatic rings. The van der Waals surface area contributed by atoms with Gasteiger partial charge in [-0.3, -0.25) is 33.1 Å². The Morgan fingerprint density at radius 3 is 1.15 bits per heavy atom. The predicted octanol–water partition coefficient (Wildman–Crippen LogP) is 3.84. The van der Waals surface area contributed by atoms with Crippen molar-refractivity contribution >= 4 is 128 Å². The van der Waals surface area contributed by atoms with Crippen LogP contribution in [0.1, 0.15) is 45.3 Å². The van der Waals surface area contributed by atoms with Gasteiger partial charge in [-0.2, -0.15) is 0 Å². The zero-order valence-electron chi connectivity index (χ0n) is 64.0. The van der Waals surface area contributed by atoms with E-state index < -0.39 is 107 Å². The third-order valence-electron chi connectivity index (χ3n) is 18.7. The molecule has 20 atom stereocenters. The van der Waals surface area contributed by atoms with Gasteiger partial charge < -0.3 is 99.9 Å². The summed E-state index contributed by atoms with van der Waals surface area (Å²) in [6, 6.07) is 1.22. The number of ether oxygens (including phenoxy) is 6. The lowest BCUT2D eigenvalue weighted by molar-refractivity contribution is -0.119. The van der Waals surface area contributed by atoms with Crippen LogP contribution in [0.15, 0.2) is 121 Å². The first-order chi connectivity index (χ1) is 49.4. The van der Waals surface area contributed by atoms with Crippen molar-refractivity contribution in [3.63, 3.8) is 0 Å². The molecule has 5 fully saturated rings. The summed E-state index contributed by atoms with van der Waals surface area (Å²) in [6.45, 7) is 32.9. The summed E-state index contributed by atoms with van der Waals surface area (Å²) >= 11 is 5.70. The van der Waals surface area contributed by atoms with E-state index >= 15 is 0 Å². The van der Waals surface area contributed by atoms with E-state index in [1.807, 2.05) is 6.92 Å². The fraction of sp³-hybridized carbons (Fsp3) is 0.597. The summed E-state index contributed by atoms with van der Waals surface area (Å²) in [5.74, 6) is 0.951. The van der Waals surface area contributed by atoms with Gasteiger partial charge in [0, 0.05) is 81.4 Å². The molecule has 0 bridgehead atoms. The van der Waals surface area contributed by atoms with Gasteiger partial charge in [-0.05, 0) is 130 Å². The molecular formula is C72H117BrIN10O18P5. The lowest BCUT2D eigenvalue weighted by atomic mass is 10.00. The molecule has 10 N–H and O–H groups in total. The number of halogens is 2. The van der Waals surface area contributed by atoms with Gasteiger partial charge in [-0.15, -0.1) is 65.9 Å². The number of nitrogens with one attached hydrogen (secondary N) is 4. The minimum atomic E-state index is -1.27. The minimum absolute atomic E-state index is 0.0577. The number of amides is 4. The molecule has 35 heteroatoms. The first-order valence-corrected chi connectivity index (χ1v) is 52.5. The van der Waals surface area contributed by atoms with Crippen LogP contribution in [-0.4, -0.2) is 326 Å². The Bertz CT molecular complexity index is 3700. The van der Waals surface area contributed by atoms with Crippen molar-refractivity contribution in [1.82, 2.24) is 50.0 Å². The van der Waals surface area contributed by atoms with Gasteiger partial charge in [0.05, 0.1) is 57.6 Å². The summed E-state index contributed by atoms with van der Waals surface area (Å²) in [4.78, 5) is 75.4. The molecule has 9 aliphatic heterocycles. The van der Waals surface area contributed by atoms with Crippen LogP contribution in [0.2, 0.25) is 0 Å². The van der Waals surface area contributed by atoms with Crippen molar-refractivity contribution < 1.29 is 78.2 Å². The van der Waals surface area contributed by atoms with Gasteiger partial charge in [0.15, 0.2) is 18.7 Å². The van der Waals surface area contributed by atoms with E-state index in [1.165, 1.54) is 43.6 Å². The standard InChI is InChI=1S/C15H25N2O4P.C15H25N2O3P.C14H22BrN2O3P.C14H22IN2O3P.C14H23N2O5P/c1-10-16-12(18)6-8-17(10)15-14(20-2)13(19)11(21-15)7-9-22(3,4)5;1-10-14(19)12(7-9-21(3,4)5)20-15(10)17-8-6-13(18)16-11(17)2;2*1-9-16-11(18)5-7-17(9)14-12(15)13(19)10(20-14)6-8-21(2,3)4;1-15-10(17)5-7-16(14(15)20)13-12(19)11(18)9(21-13)6-8-22(2,3)4/h6,8,11,13-15,19H,1,3,7,9H2,2,4-5H3,(H,16,18);6,8,10,12,14-15,19H,2-3,7,9H2,1,4-5H3,(H,16,18);2*5,7,10,12-14,19H,1-2,6,8H2,3-4H3,(H,16,18);5,7,9,11-13,18-19H,2,6,8H2,1,3-4H3/t11-,13-,14-,15-;10-,12-,14+,15-;2*10-,12-,13-,14-;9-,11-,12-,13-/m11111/s1. The van der Waals surface area contributed by atoms with Crippen molar-refractivity contribution in [3.8, 4) is 0 Å². The third kappa shape index (κ3) is 26.2. The Kier molecular flexibility index (Phi) is 33.1. The van der Waals surface area contributed by atoms with E-state index in [9.17, 15) is 59.4 Å². The number of aliphatic hydroxyl groups excluding tert-OH is 6. The second-order valence-corrected chi connectivity index (χ2v) is 55.6. The molecule has 9 aliphatic rings. The Hall–Kier alpha value is -4.09. The van der Waals surface area contributed by atoms with Crippen molar-refractivity contribution in [1.29, 1.82) is 0 Å². The number of aromatic nitrogens is 2. The molecule has 28 nitrogen and oxygen atoms in total. The maximum Gasteiger partial charge on any atom is 0.332 e. The maximum absolute atomic E-state index is 12.1. The van der Waals surface area contributed by atoms with Crippen LogP contribution in [0.25, 0.3) is 0 Å². The molecule has 5 saturated heterocycles. The lowest BCUT2D eigenvalue weighted by Crippen LogP contribution is -2.47. The Labute approximate surface area is 653 Å². The molecule has 10 heterocycles. The Morgan fingerprint density at radius 1 is 0.458 bits per heavy atom. The van der Waals surface area contributed by atoms with E-state index in [4.69, 9.17) is 28.4 Å². The third-order valence-corrected chi connectivity index (χ3v) is 28.4. The predicted molar refractivity (Wildman–Crippen MR) is 451 cm³/mol. The highest BCUT2D eigenvalue weighted by Crippen LogP contribution is 2.45. The van der Waals surface area contributed by atoms with E-state index in [1.54, 1.807) is 51.5 Å². The fourth-order valence-electron chi connectivity index (χ4n) is 12.5. The largest absolute Gasteiger partial charge is 0.390 e. The van der Waals surface area contributed by atoms with Crippen molar-refractivity contribution in [2.24, 2.45) is 13.0 Å². The Balaban J connectivity index is 0.000000209. The first-order valence-electron chi connectivity index (χ1n) is 35.1. The molecule has 0 aliphatic carbocycles. The topological polar surface area (TPSA) is 350 Å². The molecular weight excluding hydrogens is 1650 g/mol. The highest BCUT2D eigenvalue weighted by atomic mass is 127. The second-order valence-electron chi connectivity index (χ2n) is 31.5. The molecule has 107 heavy (non-hydrogen) atoms. The van der Waals surface area contributed by atoms with Crippen molar-refractivity contribution in [2.45, 2.75) is 152 Å². The maximum atomic E-state index is 12.1. The van der Waals surface area contributed by atoms with Crippen LogP contribution < -0.4 is 32.5 Å². The molecule has 10 rings (SSSR count).